The maximum Gasteiger partial charge on any atom is 0.339 e. The Balaban J connectivity index is 2.18. The predicted molar refractivity (Wildman–Crippen MR) is 73.3 cm³/mol. The highest BCUT2D eigenvalue weighted by molar-refractivity contribution is 5.93. The van der Waals surface area contributed by atoms with Gasteiger partial charge in [-0.25, -0.2) is 9.78 Å². The van der Waals surface area contributed by atoms with Crippen molar-refractivity contribution >= 4 is 17.5 Å². The summed E-state index contributed by atoms with van der Waals surface area (Å²) in [6.45, 7) is 1.83. The van der Waals surface area contributed by atoms with Crippen molar-refractivity contribution in [2.24, 2.45) is 0 Å². The summed E-state index contributed by atoms with van der Waals surface area (Å²) in [5.41, 5.74) is -0.605. The molecule has 2 aromatic heterocycles. The van der Waals surface area contributed by atoms with Gasteiger partial charge in [-0.2, -0.15) is 0 Å². The van der Waals surface area contributed by atoms with E-state index >= 15 is 0 Å². The zero-order valence-corrected chi connectivity index (χ0v) is 11.1. The molecule has 8 nitrogen and oxygen atoms in total. The number of carboxylic acid groups (broad SMARTS) is 1. The number of furan rings is 1. The number of nitrogens with zero attached hydrogens (tertiary/aromatic N) is 2. The number of carbonyl (C=O) groups is 1. The maximum absolute atomic E-state index is 11.2. The van der Waals surface area contributed by atoms with Gasteiger partial charge in [0.15, 0.2) is 0 Å². The van der Waals surface area contributed by atoms with Crippen LogP contribution < -0.4 is 5.32 Å². The maximum atomic E-state index is 11.2. The molecule has 8 heteroatoms. The number of aromatic carboxylic acids is 1. The van der Waals surface area contributed by atoms with E-state index in [0.717, 1.165) is 18.0 Å². The Kier molecular flexibility index (Phi) is 4.17. The predicted octanol–water partition coefficient (Wildman–Crippen LogP) is 2.32. The van der Waals surface area contributed by atoms with E-state index in [1.165, 1.54) is 0 Å². The van der Waals surface area contributed by atoms with Crippen molar-refractivity contribution in [1.29, 1.82) is 0 Å². The molecule has 1 atom stereocenters. The van der Waals surface area contributed by atoms with Crippen molar-refractivity contribution < 1.29 is 19.2 Å². The number of nitro groups is 1. The highest BCUT2D eigenvalue weighted by atomic mass is 16.6. The molecule has 0 bridgehead atoms. The first kappa shape index (κ1) is 14.5. The average Bonchev–Trinajstić information content (AvgIpc) is 2.91. The summed E-state index contributed by atoms with van der Waals surface area (Å²) < 4.78 is 5.20. The average molecular weight is 291 g/mol. The van der Waals surface area contributed by atoms with Gasteiger partial charge < -0.3 is 14.8 Å². The summed E-state index contributed by atoms with van der Waals surface area (Å²) in [5.74, 6) is -0.445. The van der Waals surface area contributed by atoms with E-state index in [0.29, 0.717) is 6.42 Å². The smallest absolute Gasteiger partial charge is 0.339 e. The highest BCUT2D eigenvalue weighted by Crippen LogP contribution is 2.20. The second-order valence-corrected chi connectivity index (χ2v) is 4.48. The summed E-state index contributed by atoms with van der Waals surface area (Å²) >= 11 is 0. The lowest BCUT2D eigenvalue weighted by Crippen LogP contribution is -2.20. The third-order valence-corrected chi connectivity index (χ3v) is 2.79. The van der Waals surface area contributed by atoms with E-state index in [2.05, 4.69) is 10.3 Å². The van der Waals surface area contributed by atoms with Gasteiger partial charge in [-0.15, -0.1) is 0 Å². The first-order valence-electron chi connectivity index (χ1n) is 6.14. The molecule has 0 aliphatic heterocycles. The summed E-state index contributed by atoms with van der Waals surface area (Å²) in [6, 6.07) is 4.40. The van der Waals surface area contributed by atoms with E-state index in [1.54, 1.807) is 18.4 Å². The first-order valence-corrected chi connectivity index (χ1v) is 6.14. The lowest BCUT2D eigenvalue weighted by molar-refractivity contribution is -0.385. The Morgan fingerprint density at radius 2 is 2.38 bits per heavy atom. The van der Waals surface area contributed by atoms with Gasteiger partial charge in [-0.3, -0.25) is 10.1 Å². The van der Waals surface area contributed by atoms with Crippen LogP contribution in [0.3, 0.4) is 0 Å². The number of hydrogen-bond donors (Lipinski definition) is 2. The van der Waals surface area contributed by atoms with E-state index in [9.17, 15) is 14.9 Å². The standard InChI is InChI=1S/C13H13N3O5/c1-8(5-10-3-2-4-21-10)15-12-11(13(17)18)6-9(7-14-12)16(19)20/h2-4,6-8H,5H2,1H3,(H,14,15)(H,17,18). The second-order valence-electron chi connectivity index (χ2n) is 4.48. The number of aromatic nitrogens is 1. The fourth-order valence-electron chi connectivity index (χ4n) is 1.85. The SMILES string of the molecule is CC(Cc1ccco1)Nc1ncc([N+](=O)[O-])cc1C(=O)O. The number of carboxylic acids is 1. The van der Waals surface area contributed by atoms with Gasteiger partial charge in [0.1, 0.15) is 23.3 Å². The van der Waals surface area contributed by atoms with Gasteiger partial charge in [0.25, 0.3) is 5.69 Å². The molecule has 0 aliphatic rings. The van der Waals surface area contributed by atoms with Crippen molar-refractivity contribution in [2.75, 3.05) is 5.32 Å². The highest BCUT2D eigenvalue weighted by Gasteiger charge is 2.19. The molecular formula is C13H13N3O5. The molecule has 0 spiro atoms. The Morgan fingerprint density at radius 3 is 2.95 bits per heavy atom. The molecule has 0 radical (unpaired) electrons. The lowest BCUT2D eigenvalue weighted by atomic mass is 10.1. The van der Waals surface area contributed by atoms with Gasteiger partial charge in [0, 0.05) is 18.5 Å². The van der Waals surface area contributed by atoms with Crippen LogP contribution in [0.15, 0.2) is 35.1 Å². The number of rotatable bonds is 6. The van der Waals surface area contributed by atoms with Crippen LogP contribution in [0.4, 0.5) is 11.5 Å². The molecule has 2 heterocycles. The number of hydrogen-bond acceptors (Lipinski definition) is 6. The van der Waals surface area contributed by atoms with E-state index in [4.69, 9.17) is 9.52 Å². The van der Waals surface area contributed by atoms with Crippen molar-refractivity contribution in [3.05, 3.63) is 52.1 Å². The topological polar surface area (TPSA) is 119 Å². The Hall–Kier alpha value is -2.90. The van der Waals surface area contributed by atoms with Crippen LogP contribution in [0.5, 0.6) is 0 Å². The molecule has 2 rings (SSSR count). The van der Waals surface area contributed by atoms with Gasteiger partial charge >= 0.3 is 5.97 Å². The second kappa shape index (κ2) is 6.04. The molecule has 0 saturated carbocycles. The molecule has 1 unspecified atom stereocenters. The lowest BCUT2D eigenvalue weighted by Gasteiger charge is -2.14. The summed E-state index contributed by atoms with van der Waals surface area (Å²) in [5, 5.41) is 22.7. The Bertz CT molecular complexity index is 654. The molecule has 0 amide bonds. The van der Waals surface area contributed by atoms with Crippen molar-refractivity contribution in [3.63, 3.8) is 0 Å². The van der Waals surface area contributed by atoms with Crippen LogP contribution in [0.25, 0.3) is 0 Å². The van der Waals surface area contributed by atoms with Crippen LogP contribution >= 0.6 is 0 Å². The fraction of sp³-hybridized carbons (Fsp3) is 0.231. The van der Waals surface area contributed by atoms with Crippen LogP contribution in [0, 0.1) is 10.1 Å². The Morgan fingerprint density at radius 1 is 1.62 bits per heavy atom. The summed E-state index contributed by atoms with van der Waals surface area (Å²) in [7, 11) is 0. The minimum atomic E-state index is -1.28. The van der Waals surface area contributed by atoms with Gasteiger partial charge in [-0.05, 0) is 19.1 Å². The van der Waals surface area contributed by atoms with Crippen LogP contribution in [-0.2, 0) is 6.42 Å². The monoisotopic (exact) mass is 291 g/mol. The summed E-state index contributed by atoms with van der Waals surface area (Å²) in [4.78, 5) is 25.0. The van der Waals surface area contributed by atoms with Crippen molar-refractivity contribution in [1.82, 2.24) is 4.98 Å². The van der Waals surface area contributed by atoms with E-state index in [-0.39, 0.29) is 23.1 Å². The quantitative estimate of drug-likeness (QED) is 0.619. The molecule has 2 N–H and O–H groups in total. The zero-order chi connectivity index (χ0) is 15.4. The third-order valence-electron chi connectivity index (χ3n) is 2.79. The minimum Gasteiger partial charge on any atom is -0.478 e. The molecule has 0 fully saturated rings. The summed E-state index contributed by atoms with van der Waals surface area (Å²) in [6.07, 6.45) is 3.11. The minimum absolute atomic E-state index is 0.0900. The molecular weight excluding hydrogens is 278 g/mol. The zero-order valence-electron chi connectivity index (χ0n) is 11.1. The molecule has 0 aromatic carbocycles. The van der Waals surface area contributed by atoms with Crippen molar-refractivity contribution in [3.8, 4) is 0 Å². The number of pyridine rings is 1. The van der Waals surface area contributed by atoms with Crippen LogP contribution in [0.2, 0.25) is 0 Å². The van der Waals surface area contributed by atoms with E-state index < -0.39 is 10.9 Å². The van der Waals surface area contributed by atoms with Crippen LogP contribution in [0.1, 0.15) is 23.0 Å². The third kappa shape index (κ3) is 3.56. The largest absolute Gasteiger partial charge is 0.478 e. The molecule has 110 valence electrons. The molecule has 21 heavy (non-hydrogen) atoms. The normalized spacial score (nSPS) is 11.9. The van der Waals surface area contributed by atoms with Crippen LogP contribution in [-0.4, -0.2) is 27.0 Å². The molecule has 2 aromatic rings. The first-order chi connectivity index (χ1) is 9.97. The van der Waals surface area contributed by atoms with E-state index in [1.807, 2.05) is 6.92 Å². The number of anilines is 1. The van der Waals surface area contributed by atoms with Crippen molar-refractivity contribution in [2.45, 2.75) is 19.4 Å². The van der Waals surface area contributed by atoms with Gasteiger partial charge in [-0.1, -0.05) is 0 Å². The van der Waals surface area contributed by atoms with Gasteiger partial charge in [0.05, 0.1) is 11.2 Å². The molecule has 0 saturated heterocycles. The fourth-order valence-corrected chi connectivity index (χ4v) is 1.85. The Labute approximate surface area is 119 Å². The van der Waals surface area contributed by atoms with Gasteiger partial charge in [0.2, 0.25) is 0 Å². The number of nitrogens with one attached hydrogen (secondary N) is 1. The molecule has 0 aliphatic carbocycles.